The van der Waals surface area contributed by atoms with Gasteiger partial charge in [0, 0.05) is 6.54 Å². The third kappa shape index (κ3) is 4.21. The van der Waals surface area contributed by atoms with Crippen LogP contribution in [0.4, 0.5) is 0 Å². The van der Waals surface area contributed by atoms with E-state index in [0.717, 1.165) is 19.6 Å². The van der Waals surface area contributed by atoms with Gasteiger partial charge in [0.25, 0.3) is 5.91 Å². The summed E-state index contributed by atoms with van der Waals surface area (Å²) in [4.78, 5) is 14.0. The van der Waals surface area contributed by atoms with Crippen LogP contribution in [0.2, 0.25) is 0 Å². The van der Waals surface area contributed by atoms with Crippen LogP contribution >= 0.6 is 0 Å². The first-order valence-corrected chi connectivity index (χ1v) is 7.26. The SMILES string of the molecule is NNC(=O)c1ccccc1OCCN1CCCCCC1. The van der Waals surface area contributed by atoms with E-state index in [1.54, 1.807) is 18.2 Å². The van der Waals surface area contributed by atoms with E-state index in [9.17, 15) is 4.79 Å². The Morgan fingerprint density at radius 3 is 2.60 bits per heavy atom. The molecule has 1 aromatic rings. The second-order valence-corrected chi connectivity index (χ2v) is 5.07. The third-order valence-electron chi connectivity index (χ3n) is 3.63. The Labute approximate surface area is 120 Å². The smallest absolute Gasteiger partial charge is 0.268 e. The fourth-order valence-corrected chi connectivity index (χ4v) is 2.50. The molecule has 0 aliphatic carbocycles. The van der Waals surface area contributed by atoms with Crippen LogP contribution in [0.15, 0.2) is 24.3 Å². The van der Waals surface area contributed by atoms with Gasteiger partial charge in [-0.05, 0) is 38.1 Å². The van der Waals surface area contributed by atoms with Crippen LogP contribution in [0.5, 0.6) is 5.75 Å². The maximum atomic E-state index is 11.6. The number of hydrazine groups is 1. The van der Waals surface area contributed by atoms with Crippen LogP contribution in [0, 0.1) is 0 Å². The lowest BCUT2D eigenvalue weighted by molar-refractivity contribution is 0.0948. The minimum atomic E-state index is -0.324. The van der Waals surface area contributed by atoms with Crippen molar-refractivity contribution >= 4 is 5.91 Å². The first-order valence-electron chi connectivity index (χ1n) is 7.26. The van der Waals surface area contributed by atoms with Crippen LogP contribution in [-0.2, 0) is 0 Å². The number of rotatable bonds is 5. The molecule has 0 spiro atoms. The average molecular weight is 277 g/mol. The van der Waals surface area contributed by atoms with Crippen LogP contribution in [-0.4, -0.2) is 37.0 Å². The highest BCUT2D eigenvalue weighted by molar-refractivity contribution is 5.96. The fraction of sp³-hybridized carbons (Fsp3) is 0.533. The molecule has 1 heterocycles. The van der Waals surface area contributed by atoms with E-state index < -0.39 is 0 Å². The highest BCUT2D eigenvalue weighted by Crippen LogP contribution is 2.17. The summed E-state index contributed by atoms with van der Waals surface area (Å²) in [6.07, 6.45) is 5.20. The molecule has 1 aromatic carbocycles. The zero-order chi connectivity index (χ0) is 14.2. The molecule has 20 heavy (non-hydrogen) atoms. The Morgan fingerprint density at radius 2 is 1.90 bits per heavy atom. The molecule has 1 aliphatic heterocycles. The Hall–Kier alpha value is -1.59. The van der Waals surface area contributed by atoms with Gasteiger partial charge < -0.3 is 4.74 Å². The Balaban J connectivity index is 1.85. The average Bonchev–Trinajstić information content (AvgIpc) is 2.76. The van der Waals surface area contributed by atoms with Crippen molar-refractivity contribution in [3.05, 3.63) is 29.8 Å². The molecule has 0 saturated carbocycles. The minimum absolute atomic E-state index is 0.324. The molecule has 5 heteroatoms. The number of para-hydroxylation sites is 1. The molecule has 3 N–H and O–H groups in total. The summed E-state index contributed by atoms with van der Waals surface area (Å²) < 4.78 is 5.75. The van der Waals surface area contributed by atoms with Crippen LogP contribution in [0.3, 0.4) is 0 Å². The molecule has 5 nitrogen and oxygen atoms in total. The normalized spacial score (nSPS) is 16.4. The van der Waals surface area contributed by atoms with Crippen molar-refractivity contribution in [3.8, 4) is 5.75 Å². The fourth-order valence-electron chi connectivity index (χ4n) is 2.50. The lowest BCUT2D eigenvalue weighted by Gasteiger charge is -2.20. The molecule has 0 unspecified atom stereocenters. The number of hydrogen-bond acceptors (Lipinski definition) is 4. The Kier molecular flexibility index (Phi) is 5.83. The number of nitrogens with two attached hydrogens (primary N) is 1. The van der Waals surface area contributed by atoms with Gasteiger partial charge in [-0.1, -0.05) is 25.0 Å². The van der Waals surface area contributed by atoms with E-state index in [1.807, 2.05) is 6.07 Å². The van der Waals surface area contributed by atoms with Crippen molar-refractivity contribution in [3.63, 3.8) is 0 Å². The van der Waals surface area contributed by atoms with Gasteiger partial charge >= 0.3 is 0 Å². The van der Waals surface area contributed by atoms with Gasteiger partial charge in [-0.25, -0.2) is 5.84 Å². The maximum absolute atomic E-state index is 11.6. The zero-order valence-corrected chi connectivity index (χ0v) is 11.8. The number of ether oxygens (including phenoxy) is 1. The summed E-state index contributed by atoms with van der Waals surface area (Å²) >= 11 is 0. The van der Waals surface area contributed by atoms with Crippen molar-refractivity contribution in [2.75, 3.05) is 26.2 Å². The Morgan fingerprint density at radius 1 is 1.20 bits per heavy atom. The number of nitrogens with one attached hydrogen (secondary N) is 1. The largest absolute Gasteiger partial charge is 0.491 e. The summed E-state index contributed by atoms with van der Waals surface area (Å²) in [7, 11) is 0. The molecule has 110 valence electrons. The first kappa shape index (κ1) is 14.8. The van der Waals surface area contributed by atoms with Gasteiger partial charge in [0.2, 0.25) is 0 Å². The molecule has 0 bridgehead atoms. The summed E-state index contributed by atoms with van der Waals surface area (Å²) in [5.74, 6) is 5.44. The molecule has 1 amide bonds. The molecule has 1 fully saturated rings. The Bertz CT molecular complexity index is 429. The lowest BCUT2D eigenvalue weighted by Crippen LogP contribution is -2.31. The molecule has 2 rings (SSSR count). The first-order chi connectivity index (χ1) is 9.81. The minimum Gasteiger partial charge on any atom is -0.491 e. The third-order valence-corrected chi connectivity index (χ3v) is 3.63. The number of nitrogens with zero attached hydrogens (tertiary/aromatic N) is 1. The summed E-state index contributed by atoms with van der Waals surface area (Å²) in [6.45, 7) is 3.79. The van der Waals surface area contributed by atoms with Gasteiger partial charge in [0.1, 0.15) is 12.4 Å². The van der Waals surface area contributed by atoms with Gasteiger partial charge in [-0.3, -0.25) is 15.1 Å². The van der Waals surface area contributed by atoms with E-state index >= 15 is 0 Å². The number of nitrogen functional groups attached to an aromatic ring is 1. The van der Waals surface area contributed by atoms with Crippen LogP contribution in [0.25, 0.3) is 0 Å². The van der Waals surface area contributed by atoms with Crippen molar-refractivity contribution in [2.24, 2.45) is 5.84 Å². The topological polar surface area (TPSA) is 67.6 Å². The molecule has 0 atom stereocenters. The quantitative estimate of drug-likeness (QED) is 0.487. The van der Waals surface area contributed by atoms with Crippen molar-refractivity contribution < 1.29 is 9.53 Å². The van der Waals surface area contributed by atoms with Crippen molar-refractivity contribution in [1.82, 2.24) is 10.3 Å². The van der Waals surface area contributed by atoms with Gasteiger partial charge in [0.15, 0.2) is 0 Å². The zero-order valence-electron chi connectivity index (χ0n) is 11.8. The van der Waals surface area contributed by atoms with Crippen LogP contribution < -0.4 is 16.0 Å². The summed E-state index contributed by atoms with van der Waals surface area (Å²) in [5, 5.41) is 0. The number of benzene rings is 1. The second kappa shape index (κ2) is 7.87. The highest BCUT2D eigenvalue weighted by atomic mass is 16.5. The van der Waals surface area contributed by atoms with E-state index in [4.69, 9.17) is 10.6 Å². The number of likely N-dealkylation sites (tertiary alicyclic amines) is 1. The number of hydrogen-bond donors (Lipinski definition) is 2. The van der Waals surface area contributed by atoms with Crippen molar-refractivity contribution in [1.29, 1.82) is 0 Å². The summed E-state index contributed by atoms with van der Waals surface area (Å²) in [5.41, 5.74) is 2.62. The van der Waals surface area contributed by atoms with Gasteiger partial charge in [-0.2, -0.15) is 0 Å². The monoisotopic (exact) mass is 277 g/mol. The number of amides is 1. The highest BCUT2D eigenvalue weighted by Gasteiger charge is 2.12. The standard InChI is InChI=1S/C15H23N3O2/c16-17-15(19)13-7-3-4-8-14(13)20-12-11-18-9-5-1-2-6-10-18/h3-4,7-8H,1-2,5-6,9-12,16H2,(H,17,19). The number of carbonyl (C=O) groups excluding carboxylic acids is 1. The molecule has 0 aromatic heterocycles. The van der Waals surface area contributed by atoms with Gasteiger partial charge in [-0.15, -0.1) is 0 Å². The summed E-state index contributed by atoms with van der Waals surface area (Å²) in [6, 6.07) is 7.16. The number of carbonyl (C=O) groups is 1. The lowest BCUT2D eigenvalue weighted by atomic mass is 10.2. The van der Waals surface area contributed by atoms with Crippen LogP contribution in [0.1, 0.15) is 36.0 Å². The predicted octanol–water partition coefficient (Wildman–Crippen LogP) is 1.54. The predicted molar refractivity (Wildman–Crippen MR) is 78.5 cm³/mol. The van der Waals surface area contributed by atoms with E-state index in [0.29, 0.717) is 17.9 Å². The molecule has 1 saturated heterocycles. The van der Waals surface area contributed by atoms with Gasteiger partial charge in [0.05, 0.1) is 5.56 Å². The molecular formula is C15H23N3O2. The van der Waals surface area contributed by atoms with E-state index in [-0.39, 0.29) is 5.91 Å². The van der Waals surface area contributed by atoms with E-state index in [1.165, 1.54) is 25.7 Å². The van der Waals surface area contributed by atoms with Crippen molar-refractivity contribution in [2.45, 2.75) is 25.7 Å². The van der Waals surface area contributed by atoms with E-state index in [2.05, 4.69) is 10.3 Å². The maximum Gasteiger partial charge on any atom is 0.268 e. The second-order valence-electron chi connectivity index (χ2n) is 5.07. The molecular weight excluding hydrogens is 254 g/mol. The molecule has 0 radical (unpaired) electrons. The molecule has 1 aliphatic rings.